The fourth-order valence-electron chi connectivity index (χ4n) is 2.94. The third-order valence-corrected chi connectivity index (χ3v) is 5.89. The molecule has 1 aliphatic rings. The van der Waals surface area contributed by atoms with Gasteiger partial charge in [0.05, 0.1) is 12.5 Å². The number of likely N-dealkylation sites (tertiary alicyclic amines) is 1. The zero-order valence-electron chi connectivity index (χ0n) is 13.7. The largest absolute Gasteiger partial charge is 0.339 e. The number of hydrogen-bond donors (Lipinski definition) is 0. The summed E-state index contributed by atoms with van der Waals surface area (Å²) < 4.78 is 5.45. The van der Waals surface area contributed by atoms with E-state index in [9.17, 15) is 4.79 Å². The van der Waals surface area contributed by atoms with E-state index in [0.717, 1.165) is 5.56 Å². The van der Waals surface area contributed by atoms with E-state index in [1.807, 2.05) is 52.9 Å². The molecular formula is C18H17N3O2S2. The minimum Gasteiger partial charge on any atom is -0.339 e. The van der Waals surface area contributed by atoms with Gasteiger partial charge in [-0.05, 0) is 42.0 Å². The van der Waals surface area contributed by atoms with Crippen LogP contribution in [0.4, 0.5) is 0 Å². The summed E-state index contributed by atoms with van der Waals surface area (Å²) in [5.74, 6) is 1.24. The summed E-state index contributed by atoms with van der Waals surface area (Å²) in [6.07, 6.45) is 2.47. The second kappa shape index (κ2) is 7.01. The van der Waals surface area contributed by atoms with Crippen LogP contribution in [0.25, 0.3) is 11.4 Å². The number of amides is 1. The highest BCUT2D eigenvalue weighted by Gasteiger charge is 2.34. The van der Waals surface area contributed by atoms with Crippen molar-refractivity contribution in [1.82, 2.24) is 15.0 Å². The van der Waals surface area contributed by atoms with E-state index in [1.165, 1.54) is 9.77 Å². The lowest BCUT2D eigenvalue weighted by Gasteiger charge is -2.14. The van der Waals surface area contributed by atoms with Gasteiger partial charge < -0.3 is 9.42 Å². The molecule has 0 bridgehead atoms. The predicted octanol–water partition coefficient (Wildman–Crippen LogP) is 4.04. The van der Waals surface area contributed by atoms with E-state index in [-0.39, 0.29) is 11.8 Å². The molecule has 128 valence electrons. The maximum Gasteiger partial charge on any atom is 0.232 e. The average molecular weight is 371 g/mol. The van der Waals surface area contributed by atoms with Gasteiger partial charge in [-0.3, -0.25) is 4.79 Å². The van der Waals surface area contributed by atoms with Gasteiger partial charge in [-0.1, -0.05) is 11.2 Å². The second-order valence-corrected chi connectivity index (χ2v) is 7.85. The number of hydrogen-bond acceptors (Lipinski definition) is 6. The van der Waals surface area contributed by atoms with Gasteiger partial charge in [0.2, 0.25) is 17.6 Å². The van der Waals surface area contributed by atoms with Gasteiger partial charge in [-0.15, -0.1) is 23.1 Å². The number of thiophene rings is 1. The van der Waals surface area contributed by atoms with Crippen LogP contribution in [0.15, 0.2) is 51.2 Å². The Labute approximate surface area is 154 Å². The number of carbonyl (C=O) groups excluding carboxylic acids is 1. The van der Waals surface area contributed by atoms with Crippen molar-refractivity contribution in [2.24, 2.45) is 0 Å². The third kappa shape index (κ3) is 3.48. The molecule has 3 aromatic rings. The van der Waals surface area contributed by atoms with Gasteiger partial charge in [-0.25, -0.2) is 0 Å². The van der Waals surface area contributed by atoms with Gasteiger partial charge in [-0.2, -0.15) is 4.98 Å². The van der Waals surface area contributed by atoms with Gasteiger partial charge in [0, 0.05) is 28.3 Å². The first kappa shape index (κ1) is 16.4. The molecule has 1 amide bonds. The number of aromatic nitrogens is 2. The van der Waals surface area contributed by atoms with Crippen LogP contribution in [-0.4, -0.2) is 33.7 Å². The highest BCUT2D eigenvalue weighted by molar-refractivity contribution is 7.98. The zero-order chi connectivity index (χ0) is 17.2. The first-order valence-corrected chi connectivity index (χ1v) is 10.1. The molecule has 1 fully saturated rings. The third-order valence-electron chi connectivity index (χ3n) is 4.28. The van der Waals surface area contributed by atoms with Gasteiger partial charge >= 0.3 is 0 Å². The first-order chi connectivity index (χ1) is 12.2. The Morgan fingerprint density at radius 2 is 2.16 bits per heavy atom. The van der Waals surface area contributed by atoms with E-state index in [2.05, 4.69) is 10.1 Å². The lowest BCUT2D eigenvalue weighted by atomic mass is 10.1. The minimum absolute atomic E-state index is 0.0285. The molecule has 0 saturated carbocycles. The molecule has 0 aliphatic carbocycles. The Balaban J connectivity index is 1.47. The van der Waals surface area contributed by atoms with Crippen LogP contribution in [-0.2, 0) is 11.3 Å². The predicted molar refractivity (Wildman–Crippen MR) is 98.6 cm³/mol. The fourth-order valence-corrected chi connectivity index (χ4v) is 4.07. The number of nitrogens with zero attached hydrogens (tertiary/aromatic N) is 3. The van der Waals surface area contributed by atoms with Crippen LogP contribution in [0.3, 0.4) is 0 Å². The molecule has 1 aromatic carbocycles. The smallest absolute Gasteiger partial charge is 0.232 e. The zero-order valence-corrected chi connectivity index (χ0v) is 15.3. The summed E-state index contributed by atoms with van der Waals surface area (Å²) in [7, 11) is 0. The van der Waals surface area contributed by atoms with E-state index in [1.54, 1.807) is 23.1 Å². The molecule has 0 N–H and O–H groups in total. The van der Waals surface area contributed by atoms with Crippen LogP contribution in [0.1, 0.15) is 23.1 Å². The number of carbonyl (C=O) groups is 1. The molecule has 1 atom stereocenters. The summed E-state index contributed by atoms with van der Waals surface area (Å²) in [5.41, 5.74) is 0.924. The lowest BCUT2D eigenvalue weighted by molar-refractivity contribution is -0.128. The molecule has 4 rings (SSSR count). The molecule has 3 heterocycles. The normalized spacial score (nSPS) is 17.4. The van der Waals surface area contributed by atoms with Crippen molar-refractivity contribution in [3.05, 3.63) is 52.5 Å². The molecule has 5 nitrogen and oxygen atoms in total. The van der Waals surface area contributed by atoms with E-state index in [0.29, 0.717) is 31.2 Å². The maximum absolute atomic E-state index is 12.3. The van der Waals surface area contributed by atoms with Gasteiger partial charge in [0.1, 0.15) is 0 Å². The molecule has 1 aliphatic heterocycles. The Hall–Kier alpha value is -2.12. The maximum atomic E-state index is 12.3. The van der Waals surface area contributed by atoms with Crippen LogP contribution in [0.2, 0.25) is 0 Å². The summed E-state index contributed by atoms with van der Waals surface area (Å²) in [4.78, 5) is 21.0. The molecule has 2 aromatic heterocycles. The van der Waals surface area contributed by atoms with Crippen molar-refractivity contribution in [2.75, 3.05) is 12.8 Å². The van der Waals surface area contributed by atoms with Gasteiger partial charge in [0.15, 0.2) is 0 Å². The van der Waals surface area contributed by atoms with Crippen LogP contribution >= 0.6 is 23.1 Å². The fraction of sp³-hybridized carbons (Fsp3) is 0.278. The molecule has 25 heavy (non-hydrogen) atoms. The van der Waals surface area contributed by atoms with Crippen molar-refractivity contribution >= 4 is 29.0 Å². The van der Waals surface area contributed by atoms with E-state index in [4.69, 9.17) is 4.52 Å². The van der Waals surface area contributed by atoms with E-state index < -0.39 is 0 Å². The Bertz CT molecular complexity index is 859. The topological polar surface area (TPSA) is 59.2 Å². The monoisotopic (exact) mass is 371 g/mol. The summed E-state index contributed by atoms with van der Waals surface area (Å²) in [6, 6.07) is 12.1. The molecule has 1 saturated heterocycles. The Morgan fingerprint density at radius 1 is 1.32 bits per heavy atom. The highest BCUT2D eigenvalue weighted by atomic mass is 32.2. The number of thioether (sulfide) groups is 1. The van der Waals surface area contributed by atoms with Crippen molar-refractivity contribution < 1.29 is 9.32 Å². The number of benzene rings is 1. The Kier molecular flexibility index (Phi) is 4.59. The van der Waals surface area contributed by atoms with Crippen LogP contribution in [0.5, 0.6) is 0 Å². The average Bonchev–Trinajstić information content (AvgIpc) is 3.37. The standard InChI is InChI=1S/C18H17N3O2S2/c1-24-14-6-4-12(5-7-14)17-19-18(23-20-17)13-9-16(22)21(10-13)11-15-3-2-8-25-15/h2-8,13H,9-11H2,1H3. The molecule has 1 unspecified atom stereocenters. The minimum atomic E-state index is -0.0285. The SMILES string of the molecule is CSc1ccc(-c2noc(C3CC(=O)N(Cc4cccs4)C3)n2)cc1. The molecule has 0 radical (unpaired) electrons. The first-order valence-electron chi connectivity index (χ1n) is 8.01. The van der Waals surface area contributed by atoms with Gasteiger partial charge in [0.25, 0.3) is 0 Å². The molecule has 0 spiro atoms. The summed E-state index contributed by atoms with van der Waals surface area (Å²) in [5, 5.41) is 6.12. The van der Waals surface area contributed by atoms with Crippen molar-refractivity contribution in [2.45, 2.75) is 23.8 Å². The Morgan fingerprint density at radius 3 is 2.88 bits per heavy atom. The highest BCUT2D eigenvalue weighted by Crippen LogP contribution is 2.30. The van der Waals surface area contributed by atoms with E-state index >= 15 is 0 Å². The van der Waals surface area contributed by atoms with Crippen LogP contribution < -0.4 is 0 Å². The van der Waals surface area contributed by atoms with Crippen molar-refractivity contribution in [3.8, 4) is 11.4 Å². The van der Waals surface area contributed by atoms with Crippen molar-refractivity contribution in [3.63, 3.8) is 0 Å². The lowest BCUT2D eigenvalue weighted by Crippen LogP contribution is -2.23. The quantitative estimate of drug-likeness (QED) is 0.634. The van der Waals surface area contributed by atoms with Crippen LogP contribution in [0, 0.1) is 0 Å². The summed E-state index contributed by atoms with van der Waals surface area (Å²) in [6.45, 7) is 1.29. The van der Waals surface area contributed by atoms with Crippen molar-refractivity contribution in [1.29, 1.82) is 0 Å². The molecule has 7 heteroatoms. The summed E-state index contributed by atoms with van der Waals surface area (Å²) >= 11 is 3.36. The molecular weight excluding hydrogens is 354 g/mol. The number of rotatable bonds is 5. The second-order valence-electron chi connectivity index (χ2n) is 5.94.